The van der Waals surface area contributed by atoms with Crippen LogP contribution in [0.4, 0.5) is 0 Å². The Morgan fingerprint density at radius 1 is 1.30 bits per heavy atom. The molecular weight excluding hydrogens is 272 g/mol. The van der Waals surface area contributed by atoms with Crippen LogP contribution in [0.1, 0.15) is 28.6 Å². The first-order valence-electron chi connectivity index (χ1n) is 6.29. The van der Waals surface area contributed by atoms with Crippen LogP contribution in [0.2, 0.25) is 0 Å². The van der Waals surface area contributed by atoms with Gasteiger partial charge in [0, 0.05) is 5.56 Å². The smallest absolute Gasteiger partial charge is 0.271 e. The Kier molecular flexibility index (Phi) is 4.90. The highest BCUT2D eigenvalue weighted by atomic mass is 32.1. The number of methoxy groups -OCH3 is 1. The van der Waals surface area contributed by atoms with Gasteiger partial charge < -0.3 is 4.74 Å². The summed E-state index contributed by atoms with van der Waals surface area (Å²) in [5.74, 6) is 0.494. The second-order valence-electron chi connectivity index (χ2n) is 4.06. The predicted molar refractivity (Wildman–Crippen MR) is 81.6 cm³/mol. The summed E-state index contributed by atoms with van der Waals surface area (Å²) in [6, 6.07) is 10.9. The maximum atomic E-state index is 12.0. The van der Waals surface area contributed by atoms with Crippen molar-refractivity contribution in [3.05, 3.63) is 52.2 Å². The van der Waals surface area contributed by atoms with Crippen molar-refractivity contribution in [2.24, 2.45) is 5.10 Å². The highest BCUT2D eigenvalue weighted by Crippen LogP contribution is 2.13. The Morgan fingerprint density at radius 2 is 2.05 bits per heavy atom. The summed E-state index contributed by atoms with van der Waals surface area (Å²) < 4.78 is 5.06. The van der Waals surface area contributed by atoms with Crippen molar-refractivity contribution >= 4 is 23.0 Å². The molecule has 0 saturated carbocycles. The number of hydrazone groups is 1. The van der Waals surface area contributed by atoms with E-state index in [0.717, 1.165) is 22.8 Å². The third-order valence-electron chi connectivity index (χ3n) is 2.79. The monoisotopic (exact) mass is 288 g/mol. The number of benzene rings is 1. The van der Waals surface area contributed by atoms with Crippen LogP contribution in [0.5, 0.6) is 5.75 Å². The number of amides is 1. The van der Waals surface area contributed by atoms with Gasteiger partial charge in [-0.15, -0.1) is 11.3 Å². The van der Waals surface area contributed by atoms with Gasteiger partial charge in [0.2, 0.25) is 0 Å². The van der Waals surface area contributed by atoms with Crippen LogP contribution in [0, 0.1) is 0 Å². The van der Waals surface area contributed by atoms with Gasteiger partial charge in [-0.05, 0) is 42.1 Å². The van der Waals surface area contributed by atoms with Crippen molar-refractivity contribution < 1.29 is 9.53 Å². The summed E-state index contributed by atoms with van der Waals surface area (Å²) in [6.07, 6.45) is 0.767. The van der Waals surface area contributed by atoms with E-state index in [1.54, 1.807) is 42.7 Å². The molecule has 0 unspecified atom stereocenters. The predicted octanol–water partition coefficient (Wildman–Crippen LogP) is 3.30. The van der Waals surface area contributed by atoms with E-state index in [1.165, 1.54) is 0 Å². The molecule has 1 N–H and O–H groups in total. The Morgan fingerprint density at radius 3 is 2.60 bits per heavy atom. The maximum Gasteiger partial charge on any atom is 0.271 e. The molecule has 4 nitrogen and oxygen atoms in total. The lowest BCUT2D eigenvalue weighted by atomic mass is 10.2. The zero-order valence-corrected chi connectivity index (χ0v) is 12.2. The Hall–Kier alpha value is -2.14. The maximum absolute atomic E-state index is 12.0. The van der Waals surface area contributed by atoms with Gasteiger partial charge in [0.1, 0.15) is 5.75 Å². The van der Waals surface area contributed by atoms with Gasteiger partial charge in [0.15, 0.2) is 0 Å². The van der Waals surface area contributed by atoms with Crippen LogP contribution in [0.15, 0.2) is 46.9 Å². The number of carbonyl (C=O) groups excluding carboxylic acids is 1. The second-order valence-corrected chi connectivity index (χ2v) is 5.01. The molecule has 104 valence electrons. The molecule has 0 radical (unpaired) electrons. The van der Waals surface area contributed by atoms with Crippen molar-refractivity contribution in [1.29, 1.82) is 0 Å². The van der Waals surface area contributed by atoms with Crippen molar-refractivity contribution in [3.8, 4) is 5.75 Å². The minimum Gasteiger partial charge on any atom is -0.497 e. The SMILES string of the molecule is CC/C(=N/NC(=O)c1ccc(OC)cc1)c1cccs1. The lowest BCUT2D eigenvalue weighted by Gasteiger charge is -2.04. The van der Waals surface area contributed by atoms with E-state index < -0.39 is 0 Å². The zero-order chi connectivity index (χ0) is 14.4. The average molecular weight is 288 g/mol. The molecule has 0 aliphatic heterocycles. The molecule has 2 rings (SSSR count). The first kappa shape index (κ1) is 14.3. The van der Waals surface area contributed by atoms with Crippen LogP contribution < -0.4 is 10.2 Å². The lowest BCUT2D eigenvalue weighted by molar-refractivity contribution is 0.0955. The number of carbonyl (C=O) groups is 1. The quantitative estimate of drug-likeness (QED) is 0.678. The molecule has 5 heteroatoms. The summed E-state index contributed by atoms with van der Waals surface area (Å²) in [6.45, 7) is 2.01. The third-order valence-corrected chi connectivity index (χ3v) is 3.70. The van der Waals surface area contributed by atoms with Gasteiger partial charge in [0.25, 0.3) is 5.91 Å². The van der Waals surface area contributed by atoms with Gasteiger partial charge in [-0.3, -0.25) is 4.79 Å². The topological polar surface area (TPSA) is 50.7 Å². The van der Waals surface area contributed by atoms with Crippen LogP contribution in [0.3, 0.4) is 0 Å². The van der Waals surface area contributed by atoms with E-state index >= 15 is 0 Å². The van der Waals surface area contributed by atoms with E-state index in [9.17, 15) is 4.79 Å². The normalized spacial score (nSPS) is 11.2. The van der Waals surface area contributed by atoms with Gasteiger partial charge in [-0.25, -0.2) is 5.43 Å². The molecule has 2 aromatic rings. The summed E-state index contributed by atoms with van der Waals surface area (Å²) >= 11 is 1.61. The first-order valence-corrected chi connectivity index (χ1v) is 7.17. The molecule has 1 heterocycles. The van der Waals surface area contributed by atoms with E-state index in [4.69, 9.17) is 4.74 Å². The highest BCUT2D eigenvalue weighted by molar-refractivity contribution is 7.12. The van der Waals surface area contributed by atoms with Gasteiger partial charge in [0.05, 0.1) is 17.7 Å². The summed E-state index contributed by atoms with van der Waals surface area (Å²) in [5, 5.41) is 6.19. The number of thiophene rings is 1. The summed E-state index contributed by atoms with van der Waals surface area (Å²) in [7, 11) is 1.59. The van der Waals surface area contributed by atoms with Crippen molar-refractivity contribution in [2.45, 2.75) is 13.3 Å². The summed E-state index contributed by atoms with van der Waals surface area (Å²) in [5.41, 5.74) is 4.02. The van der Waals surface area contributed by atoms with Gasteiger partial charge in [-0.2, -0.15) is 5.10 Å². The van der Waals surface area contributed by atoms with Crippen LogP contribution in [-0.4, -0.2) is 18.7 Å². The third kappa shape index (κ3) is 3.45. The fraction of sp³-hybridized carbons (Fsp3) is 0.200. The van der Waals surface area contributed by atoms with Gasteiger partial charge in [-0.1, -0.05) is 13.0 Å². The Balaban J connectivity index is 2.06. The van der Waals surface area contributed by atoms with Crippen molar-refractivity contribution in [1.82, 2.24) is 5.43 Å². The van der Waals surface area contributed by atoms with Crippen LogP contribution in [-0.2, 0) is 0 Å². The molecule has 0 bridgehead atoms. The average Bonchev–Trinajstić information content (AvgIpc) is 3.02. The molecule has 1 aromatic carbocycles. The largest absolute Gasteiger partial charge is 0.497 e. The lowest BCUT2D eigenvalue weighted by Crippen LogP contribution is -2.19. The van der Waals surface area contributed by atoms with Crippen molar-refractivity contribution in [3.63, 3.8) is 0 Å². The van der Waals surface area contributed by atoms with Crippen LogP contribution >= 0.6 is 11.3 Å². The van der Waals surface area contributed by atoms with E-state index in [0.29, 0.717) is 5.56 Å². The van der Waals surface area contributed by atoms with Gasteiger partial charge >= 0.3 is 0 Å². The molecule has 0 atom stereocenters. The molecule has 0 aliphatic carbocycles. The van der Waals surface area contributed by atoms with E-state index in [2.05, 4.69) is 10.5 Å². The first-order chi connectivity index (χ1) is 9.74. The number of nitrogens with zero attached hydrogens (tertiary/aromatic N) is 1. The molecule has 0 aliphatic rings. The molecule has 20 heavy (non-hydrogen) atoms. The molecule has 1 amide bonds. The molecule has 0 spiro atoms. The minimum atomic E-state index is -0.227. The van der Waals surface area contributed by atoms with E-state index in [-0.39, 0.29) is 5.91 Å². The second kappa shape index (κ2) is 6.86. The fourth-order valence-corrected chi connectivity index (χ4v) is 2.46. The fourth-order valence-electron chi connectivity index (χ4n) is 1.68. The Bertz CT molecular complexity index is 589. The number of hydrogen-bond acceptors (Lipinski definition) is 4. The Labute approximate surface area is 122 Å². The molecular formula is C15H16N2O2S. The number of nitrogens with one attached hydrogen (secondary N) is 1. The minimum absolute atomic E-state index is 0.227. The van der Waals surface area contributed by atoms with Crippen molar-refractivity contribution in [2.75, 3.05) is 7.11 Å². The molecule has 1 aromatic heterocycles. The number of hydrogen-bond donors (Lipinski definition) is 1. The molecule has 0 saturated heterocycles. The number of ether oxygens (including phenoxy) is 1. The molecule has 0 fully saturated rings. The van der Waals surface area contributed by atoms with E-state index in [1.807, 2.05) is 24.4 Å². The zero-order valence-electron chi connectivity index (χ0n) is 11.4. The van der Waals surface area contributed by atoms with Crippen LogP contribution in [0.25, 0.3) is 0 Å². The standard InChI is InChI=1S/C15H16N2O2S/c1-3-13(14-5-4-10-20-14)16-17-15(18)11-6-8-12(19-2)9-7-11/h4-10H,3H2,1-2H3,(H,17,18)/b16-13-. The summed E-state index contributed by atoms with van der Waals surface area (Å²) in [4.78, 5) is 13.1. The number of rotatable bonds is 5. The highest BCUT2D eigenvalue weighted by Gasteiger charge is 2.06.